The SMILES string of the molecule is CCCc1ccc(C#Cc2ccc3c(F)c(CC)ccc3c2)cc1. The molecule has 0 radical (unpaired) electrons. The van der Waals surface area contributed by atoms with Crippen molar-refractivity contribution in [3.05, 3.63) is 82.7 Å². The number of rotatable bonds is 3. The molecule has 0 bridgehead atoms. The highest BCUT2D eigenvalue weighted by atomic mass is 19.1. The lowest BCUT2D eigenvalue weighted by molar-refractivity contribution is 0.624. The molecule has 0 nitrogen and oxygen atoms in total. The maximum absolute atomic E-state index is 14.3. The van der Waals surface area contributed by atoms with Crippen molar-refractivity contribution in [2.24, 2.45) is 0 Å². The first-order valence-corrected chi connectivity index (χ1v) is 8.53. The molecule has 120 valence electrons. The zero-order valence-electron chi connectivity index (χ0n) is 14.2. The molecule has 0 saturated heterocycles. The van der Waals surface area contributed by atoms with Gasteiger partial charge < -0.3 is 0 Å². The van der Waals surface area contributed by atoms with Gasteiger partial charge in [-0.2, -0.15) is 0 Å². The van der Waals surface area contributed by atoms with Crippen LogP contribution in [0.1, 0.15) is 42.5 Å². The van der Waals surface area contributed by atoms with E-state index in [1.54, 1.807) is 0 Å². The van der Waals surface area contributed by atoms with Crippen LogP contribution in [0.4, 0.5) is 4.39 Å². The van der Waals surface area contributed by atoms with Gasteiger partial charge in [0.05, 0.1) is 0 Å². The molecule has 0 unspecified atom stereocenters. The summed E-state index contributed by atoms with van der Waals surface area (Å²) in [6.45, 7) is 4.15. The van der Waals surface area contributed by atoms with Crippen molar-refractivity contribution in [3.8, 4) is 11.8 Å². The smallest absolute Gasteiger partial charge is 0.134 e. The van der Waals surface area contributed by atoms with Crippen molar-refractivity contribution in [3.63, 3.8) is 0 Å². The van der Waals surface area contributed by atoms with E-state index >= 15 is 0 Å². The van der Waals surface area contributed by atoms with Gasteiger partial charge in [0.15, 0.2) is 0 Å². The first-order valence-electron chi connectivity index (χ1n) is 8.53. The van der Waals surface area contributed by atoms with Crippen molar-refractivity contribution < 1.29 is 4.39 Å². The summed E-state index contributed by atoms with van der Waals surface area (Å²) in [7, 11) is 0. The third-order valence-corrected chi connectivity index (χ3v) is 4.26. The van der Waals surface area contributed by atoms with Gasteiger partial charge in [0.1, 0.15) is 5.82 Å². The lowest BCUT2D eigenvalue weighted by Crippen LogP contribution is -1.89. The Morgan fingerprint density at radius 1 is 0.833 bits per heavy atom. The molecule has 0 spiro atoms. The maximum atomic E-state index is 14.3. The molecule has 0 fully saturated rings. The molecule has 3 aromatic carbocycles. The molecule has 0 saturated carbocycles. The predicted octanol–water partition coefficient (Wildman–Crippen LogP) is 5.89. The normalized spacial score (nSPS) is 10.5. The van der Waals surface area contributed by atoms with Crippen molar-refractivity contribution in [1.29, 1.82) is 0 Å². The lowest BCUT2D eigenvalue weighted by atomic mass is 10.0. The van der Waals surface area contributed by atoms with E-state index in [9.17, 15) is 4.39 Å². The molecule has 3 rings (SSSR count). The van der Waals surface area contributed by atoms with Gasteiger partial charge in [-0.25, -0.2) is 4.39 Å². The van der Waals surface area contributed by atoms with E-state index in [1.165, 1.54) is 5.56 Å². The van der Waals surface area contributed by atoms with E-state index in [1.807, 2.05) is 37.3 Å². The van der Waals surface area contributed by atoms with Crippen LogP contribution in [0.15, 0.2) is 54.6 Å². The highest BCUT2D eigenvalue weighted by Crippen LogP contribution is 2.22. The summed E-state index contributed by atoms with van der Waals surface area (Å²) >= 11 is 0. The Hall–Kier alpha value is -2.59. The second-order valence-electron chi connectivity index (χ2n) is 6.03. The van der Waals surface area contributed by atoms with Gasteiger partial charge in [-0.05, 0) is 53.6 Å². The summed E-state index contributed by atoms with van der Waals surface area (Å²) in [6, 6.07) is 17.9. The van der Waals surface area contributed by atoms with Crippen LogP contribution in [0.5, 0.6) is 0 Å². The Bertz CT molecular complexity index is 908. The first-order chi connectivity index (χ1) is 11.7. The first kappa shape index (κ1) is 16.3. The van der Waals surface area contributed by atoms with E-state index in [0.29, 0.717) is 11.8 Å². The fraction of sp³-hybridized carbons (Fsp3) is 0.217. The maximum Gasteiger partial charge on any atom is 0.134 e. The number of fused-ring (bicyclic) bond motifs is 1. The molecule has 0 N–H and O–H groups in total. The third-order valence-electron chi connectivity index (χ3n) is 4.26. The second-order valence-corrected chi connectivity index (χ2v) is 6.03. The molecule has 0 heterocycles. The lowest BCUT2D eigenvalue weighted by Gasteiger charge is -2.05. The van der Waals surface area contributed by atoms with Crippen molar-refractivity contribution in [2.45, 2.75) is 33.1 Å². The molecule has 0 amide bonds. The Balaban J connectivity index is 1.88. The monoisotopic (exact) mass is 316 g/mol. The third kappa shape index (κ3) is 3.49. The van der Waals surface area contributed by atoms with Crippen molar-refractivity contribution >= 4 is 10.8 Å². The second kappa shape index (κ2) is 7.32. The molecule has 0 aliphatic heterocycles. The van der Waals surface area contributed by atoms with Crippen LogP contribution in [0.3, 0.4) is 0 Å². The number of aryl methyl sites for hydroxylation is 2. The molecule has 3 aromatic rings. The summed E-state index contributed by atoms with van der Waals surface area (Å²) < 4.78 is 14.3. The molecular formula is C23H21F. The van der Waals surface area contributed by atoms with Gasteiger partial charge in [0.25, 0.3) is 0 Å². The number of hydrogen-bond acceptors (Lipinski definition) is 0. The average molecular weight is 316 g/mol. The summed E-state index contributed by atoms with van der Waals surface area (Å²) in [5, 5.41) is 1.57. The number of benzene rings is 3. The predicted molar refractivity (Wildman–Crippen MR) is 99.7 cm³/mol. The molecule has 0 aliphatic carbocycles. The average Bonchev–Trinajstić information content (AvgIpc) is 2.62. The van der Waals surface area contributed by atoms with Crippen LogP contribution in [0.25, 0.3) is 10.8 Å². The molecular weight excluding hydrogens is 295 g/mol. The molecule has 24 heavy (non-hydrogen) atoms. The highest BCUT2D eigenvalue weighted by Gasteiger charge is 2.05. The summed E-state index contributed by atoms with van der Waals surface area (Å²) in [5.74, 6) is 6.26. The fourth-order valence-electron chi connectivity index (χ4n) is 2.88. The molecule has 0 atom stereocenters. The van der Waals surface area contributed by atoms with Crippen LogP contribution in [-0.4, -0.2) is 0 Å². The Morgan fingerprint density at radius 3 is 2.25 bits per heavy atom. The van der Waals surface area contributed by atoms with Crippen LogP contribution < -0.4 is 0 Å². The fourth-order valence-corrected chi connectivity index (χ4v) is 2.88. The standard InChI is InChI=1S/C23H21F/c1-3-5-17-6-8-18(9-7-17)10-11-19-12-15-22-21(16-19)14-13-20(4-2)23(22)24/h6-9,12-16H,3-5H2,1-2H3. The van der Waals surface area contributed by atoms with E-state index in [2.05, 4.69) is 43.0 Å². The van der Waals surface area contributed by atoms with Crippen molar-refractivity contribution in [1.82, 2.24) is 0 Å². The zero-order valence-corrected chi connectivity index (χ0v) is 14.2. The van der Waals surface area contributed by atoms with Crippen molar-refractivity contribution in [2.75, 3.05) is 0 Å². The molecule has 0 aliphatic rings. The van der Waals surface area contributed by atoms with Crippen LogP contribution >= 0.6 is 0 Å². The van der Waals surface area contributed by atoms with E-state index < -0.39 is 0 Å². The van der Waals surface area contributed by atoms with E-state index in [-0.39, 0.29) is 5.82 Å². The largest absolute Gasteiger partial charge is 0.206 e. The minimum absolute atomic E-state index is 0.110. The zero-order chi connectivity index (χ0) is 16.9. The highest BCUT2D eigenvalue weighted by molar-refractivity contribution is 5.85. The number of halogens is 1. The summed E-state index contributed by atoms with van der Waals surface area (Å²) in [5.41, 5.74) is 4.01. The van der Waals surface area contributed by atoms with Gasteiger partial charge in [0, 0.05) is 16.5 Å². The number of hydrogen-bond donors (Lipinski definition) is 0. The van der Waals surface area contributed by atoms with Gasteiger partial charge >= 0.3 is 0 Å². The Kier molecular flexibility index (Phi) is 4.96. The van der Waals surface area contributed by atoms with Gasteiger partial charge in [0.2, 0.25) is 0 Å². The quantitative estimate of drug-likeness (QED) is 0.528. The topological polar surface area (TPSA) is 0 Å². The van der Waals surface area contributed by atoms with Crippen LogP contribution in [0.2, 0.25) is 0 Å². The Morgan fingerprint density at radius 2 is 1.54 bits per heavy atom. The van der Waals surface area contributed by atoms with Gasteiger partial charge in [-0.1, -0.05) is 62.4 Å². The minimum atomic E-state index is -0.110. The summed E-state index contributed by atoms with van der Waals surface area (Å²) in [6.07, 6.45) is 2.96. The summed E-state index contributed by atoms with van der Waals surface area (Å²) in [4.78, 5) is 0. The van der Waals surface area contributed by atoms with Crippen LogP contribution in [0, 0.1) is 17.7 Å². The minimum Gasteiger partial charge on any atom is -0.206 e. The Labute approximate surface area is 143 Å². The van der Waals surface area contributed by atoms with E-state index in [4.69, 9.17) is 0 Å². The van der Waals surface area contributed by atoms with Gasteiger partial charge in [-0.15, -0.1) is 0 Å². The van der Waals surface area contributed by atoms with E-state index in [0.717, 1.165) is 34.9 Å². The molecule has 1 heteroatoms. The molecule has 0 aromatic heterocycles. The van der Waals surface area contributed by atoms with Crippen LogP contribution in [-0.2, 0) is 12.8 Å². The van der Waals surface area contributed by atoms with Gasteiger partial charge in [-0.3, -0.25) is 0 Å².